The maximum Gasteiger partial charge on any atom is 0.221 e. The highest BCUT2D eigenvalue weighted by atomic mass is 16.5. The quantitative estimate of drug-likeness (QED) is 0.807. The van der Waals surface area contributed by atoms with Gasteiger partial charge in [-0.15, -0.1) is 0 Å². The Hall–Kier alpha value is -1.36. The van der Waals surface area contributed by atoms with Crippen molar-refractivity contribution in [3.8, 4) is 5.88 Å². The highest BCUT2D eigenvalue weighted by molar-refractivity contribution is 5.47. The topological polar surface area (TPSA) is 50.3 Å². The zero-order valence-electron chi connectivity index (χ0n) is 10.7. The van der Waals surface area contributed by atoms with Gasteiger partial charge in [-0.2, -0.15) is 0 Å². The number of nitrogens with one attached hydrogen (secondary N) is 1. The van der Waals surface area contributed by atoms with Crippen LogP contribution >= 0.6 is 0 Å². The van der Waals surface area contributed by atoms with Crippen LogP contribution in [0.15, 0.2) is 6.33 Å². The summed E-state index contributed by atoms with van der Waals surface area (Å²) in [5, 5.41) is 3.33. The lowest BCUT2D eigenvalue weighted by molar-refractivity contribution is 0.337. The van der Waals surface area contributed by atoms with Gasteiger partial charge in [-0.1, -0.05) is 0 Å². The molecule has 0 saturated heterocycles. The summed E-state index contributed by atoms with van der Waals surface area (Å²) >= 11 is 0. The number of nitrogens with zero attached hydrogens (tertiary/aromatic N) is 3. The molecular weight excluding hydrogens is 216 g/mol. The van der Waals surface area contributed by atoms with E-state index in [2.05, 4.69) is 27.2 Å². The number of hydrogen-bond acceptors (Lipinski definition) is 5. The van der Waals surface area contributed by atoms with Gasteiger partial charge in [-0.3, -0.25) is 0 Å². The Bertz CT molecular complexity index is 379. The van der Waals surface area contributed by atoms with Gasteiger partial charge < -0.3 is 15.0 Å². The van der Waals surface area contributed by atoms with Crippen LogP contribution < -0.4 is 10.1 Å². The van der Waals surface area contributed by atoms with Crippen LogP contribution in [0.2, 0.25) is 0 Å². The minimum atomic E-state index is 0.637. The third kappa shape index (κ3) is 3.06. The average molecular weight is 236 g/mol. The predicted octanol–water partition coefficient (Wildman–Crippen LogP) is 1.30. The van der Waals surface area contributed by atoms with Crippen molar-refractivity contribution in [1.29, 1.82) is 0 Å². The lowest BCUT2D eigenvalue weighted by Crippen LogP contribution is -2.27. The molecular formula is C12H20N4O. The first-order valence-corrected chi connectivity index (χ1v) is 6.02. The molecule has 2 rings (SSSR count). The van der Waals surface area contributed by atoms with Crippen molar-refractivity contribution in [3.63, 3.8) is 0 Å². The van der Waals surface area contributed by atoms with E-state index in [0.717, 1.165) is 30.5 Å². The molecule has 1 fully saturated rings. The van der Waals surface area contributed by atoms with Gasteiger partial charge in [0.25, 0.3) is 0 Å². The fraction of sp³-hybridized carbons (Fsp3) is 0.667. The molecule has 0 atom stereocenters. The van der Waals surface area contributed by atoms with Crippen molar-refractivity contribution >= 4 is 5.82 Å². The van der Waals surface area contributed by atoms with Crippen molar-refractivity contribution < 1.29 is 4.74 Å². The Morgan fingerprint density at radius 1 is 1.47 bits per heavy atom. The van der Waals surface area contributed by atoms with E-state index in [9.17, 15) is 0 Å². The number of anilines is 1. The van der Waals surface area contributed by atoms with Gasteiger partial charge in [0.2, 0.25) is 5.88 Å². The second kappa shape index (κ2) is 5.31. The molecule has 1 aliphatic carbocycles. The second-order valence-electron chi connectivity index (χ2n) is 4.50. The van der Waals surface area contributed by atoms with E-state index in [0.29, 0.717) is 5.88 Å². The summed E-state index contributed by atoms with van der Waals surface area (Å²) in [6, 6.07) is 0.804. The molecule has 0 unspecified atom stereocenters. The van der Waals surface area contributed by atoms with Crippen LogP contribution in [0, 0.1) is 6.92 Å². The molecule has 5 heteroatoms. The molecule has 94 valence electrons. The summed E-state index contributed by atoms with van der Waals surface area (Å²) in [7, 11) is 3.80. The van der Waals surface area contributed by atoms with Crippen LogP contribution in [0.3, 0.4) is 0 Å². The van der Waals surface area contributed by atoms with Crippen molar-refractivity contribution in [2.75, 3.05) is 32.6 Å². The maximum atomic E-state index is 5.16. The van der Waals surface area contributed by atoms with Gasteiger partial charge in [-0.05, 0) is 26.8 Å². The van der Waals surface area contributed by atoms with Crippen molar-refractivity contribution in [1.82, 2.24) is 14.9 Å². The zero-order valence-corrected chi connectivity index (χ0v) is 10.7. The zero-order chi connectivity index (χ0) is 12.3. The van der Waals surface area contributed by atoms with Gasteiger partial charge >= 0.3 is 0 Å². The van der Waals surface area contributed by atoms with Crippen LogP contribution in [-0.2, 0) is 0 Å². The van der Waals surface area contributed by atoms with E-state index in [4.69, 9.17) is 4.74 Å². The first-order valence-electron chi connectivity index (χ1n) is 6.02. The number of methoxy groups -OCH3 is 1. The molecule has 1 aromatic rings. The van der Waals surface area contributed by atoms with Crippen LogP contribution in [0.25, 0.3) is 0 Å². The van der Waals surface area contributed by atoms with Gasteiger partial charge in [0.15, 0.2) is 0 Å². The first-order chi connectivity index (χ1) is 8.22. The normalized spacial score (nSPS) is 15.1. The number of rotatable bonds is 6. The first kappa shape index (κ1) is 12.1. The van der Waals surface area contributed by atoms with Gasteiger partial charge in [0.05, 0.1) is 12.7 Å². The summed E-state index contributed by atoms with van der Waals surface area (Å²) in [5.74, 6) is 1.50. The van der Waals surface area contributed by atoms with E-state index in [-0.39, 0.29) is 0 Å². The Morgan fingerprint density at radius 3 is 2.88 bits per heavy atom. The number of likely N-dealkylation sites (N-methyl/N-ethyl adjacent to an activating group) is 1. The smallest absolute Gasteiger partial charge is 0.221 e. The molecule has 1 saturated carbocycles. The molecule has 0 amide bonds. The summed E-state index contributed by atoms with van der Waals surface area (Å²) < 4.78 is 5.16. The Morgan fingerprint density at radius 2 is 2.24 bits per heavy atom. The summed E-state index contributed by atoms with van der Waals surface area (Å²) in [5.41, 5.74) is 0.962. The SMILES string of the molecule is COc1ncnc(NCCN(C)C2CC2)c1C. The van der Waals surface area contributed by atoms with Gasteiger partial charge in [0, 0.05) is 19.1 Å². The van der Waals surface area contributed by atoms with E-state index in [1.165, 1.54) is 19.2 Å². The van der Waals surface area contributed by atoms with Crippen LogP contribution in [0.4, 0.5) is 5.82 Å². The second-order valence-corrected chi connectivity index (χ2v) is 4.50. The van der Waals surface area contributed by atoms with E-state index < -0.39 is 0 Å². The average Bonchev–Trinajstić information content (AvgIpc) is 3.15. The molecule has 0 aliphatic heterocycles. The van der Waals surface area contributed by atoms with E-state index in [1.807, 2.05) is 6.92 Å². The number of ether oxygens (including phenoxy) is 1. The highest BCUT2D eigenvalue weighted by Crippen LogP contribution is 2.25. The minimum absolute atomic E-state index is 0.637. The predicted molar refractivity (Wildman–Crippen MR) is 67.5 cm³/mol. The maximum absolute atomic E-state index is 5.16. The lowest BCUT2D eigenvalue weighted by atomic mass is 10.3. The largest absolute Gasteiger partial charge is 0.481 e. The number of aromatic nitrogens is 2. The standard InChI is InChI=1S/C12H20N4O/c1-9-11(14-8-15-12(9)17-3)13-6-7-16(2)10-4-5-10/h8,10H,4-7H2,1-3H3,(H,13,14,15). The van der Waals surface area contributed by atoms with Gasteiger partial charge in [0.1, 0.15) is 12.1 Å². The van der Waals surface area contributed by atoms with Gasteiger partial charge in [-0.25, -0.2) is 9.97 Å². The van der Waals surface area contributed by atoms with E-state index in [1.54, 1.807) is 7.11 Å². The summed E-state index contributed by atoms with van der Waals surface area (Å²) in [6.45, 7) is 3.90. The van der Waals surface area contributed by atoms with Crippen molar-refractivity contribution in [2.45, 2.75) is 25.8 Å². The Labute approximate surface area is 102 Å². The van der Waals surface area contributed by atoms with Crippen LogP contribution in [-0.4, -0.2) is 48.2 Å². The minimum Gasteiger partial charge on any atom is -0.481 e. The lowest BCUT2D eigenvalue weighted by Gasteiger charge is -2.16. The monoisotopic (exact) mass is 236 g/mol. The van der Waals surface area contributed by atoms with E-state index >= 15 is 0 Å². The van der Waals surface area contributed by atoms with Crippen molar-refractivity contribution in [2.24, 2.45) is 0 Å². The summed E-state index contributed by atoms with van der Waals surface area (Å²) in [6.07, 6.45) is 4.21. The molecule has 1 heterocycles. The Kier molecular flexibility index (Phi) is 3.78. The molecule has 5 nitrogen and oxygen atoms in total. The molecule has 17 heavy (non-hydrogen) atoms. The molecule has 0 radical (unpaired) electrons. The number of hydrogen-bond donors (Lipinski definition) is 1. The van der Waals surface area contributed by atoms with Crippen LogP contribution in [0.5, 0.6) is 5.88 Å². The fourth-order valence-electron chi connectivity index (χ4n) is 1.87. The highest BCUT2D eigenvalue weighted by Gasteiger charge is 2.25. The molecule has 0 spiro atoms. The van der Waals surface area contributed by atoms with Crippen LogP contribution in [0.1, 0.15) is 18.4 Å². The molecule has 1 aliphatic rings. The third-order valence-corrected chi connectivity index (χ3v) is 3.16. The fourth-order valence-corrected chi connectivity index (χ4v) is 1.87. The molecule has 1 N–H and O–H groups in total. The summed E-state index contributed by atoms with van der Waals surface area (Å²) in [4.78, 5) is 10.7. The molecule has 1 aromatic heterocycles. The Balaban J connectivity index is 1.85. The van der Waals surface area contributed by atoms with Crippen molar-refractivity contribution in [3.05, 3.63) is 11.9 Å². The molecule has 0 aromatic carbocycles. The molecule has 0 bridgehead atoms. The third-order valence-electron chi connectivity index (χ3n) is 3.16.